The van der Waals surface area contributed by atoms with Crippen LogP contribution in [0.3, 0.4) is 0 Å². The molecule has 1 aromatic rings. The smallest absolute Gasteiger partial charge is 0.160 e. The number of nitrogens with zero attached hydrogens (tertiary/aromatic N) is 1. The van der Waals surface area contributed by atoms with Gasteiger partial charge in [0.05, 0.1) is 5.56 Å². The van der Waals surface area contributed by atoms with Gasteiger partial charge in [0.25, 0.3) is 0 Å². The number of halogens is 1. The molecule has 0 N–H and O–H groups in total. The number of hydrogen-bond donors (Lipinski definition) is 0. The molecule has 76 valence electrons. The predicted molar refractivity (Wildman–Crippen MR) is 58.9 cm³/mol. The molecule has 0 amide bonds. The van der Waals surface area contributed by atoms with Gasteiger partial charge in [-0.3, -0.25) is 4.79 Å². The maximum atomic E-state index is 10.8. The summed E-state index contributed by atoms with van der Waals surface area (Å²) in [6, 6.07) is 0. The Balaban J connectivity index is 2.25. The summed E-state index contributed by atoms with van der Waals surface area (Å²) in [5.41, 5.74) is 0.581. The molecule has 2 heterocycles. The third-order valence-corrected chi connectivity index (χ3v) is 4.15. The molecule has 0 spiro atoms. The Morgan fingerprint density at radius 1 is 1.64 bits per heavy atom. The molecule has 1 unspecified atom stereocenters. The van der Waals surface area contributed by atoms with Crippen LogP contribution in [0.15, 0.2) is 9.13 Å². The molecular formula is C9H10BrNO2S. The number of aromatic nitrogens is 1. The van der Waals surface area contributed by atoms with Gasteiger partial charge in [-0.25, -0.2) is 0 Å². The maximum absolute atomic E-state index is 10.8. The van der Waals surface area contributed by atoms with Gasteiger partial charge in [0, 0.05) is 11.7 Å². The quantitative estimate of drug-likeness (QED) is 0.779. The third-order valence-electron chi connectivity index (χ3n) is 2.36. The Hall–Kier alpha value is -0.290. The fourth-order valence-electron chi connectivity index (χ4n) is 1.64. The molecule has 1 aliphatic rings. The van der Waals surface area contributed by atoms with Gasteiger partial charge in [-0.05, 0) is 34.5 Å². The van der Waals surface area contributed by atoms with Crippen LogP contribution >= 0.6 is 27.7 Å². The van der Waals surface area contributed by atoms with Crippen molar-refractivity contribution in [3.8, 4) is 0 Å². The average molecular weight is 276 g/mol. The zero-order valence-electron chi connectivity index (χ0n) is 7.53. The molecule has 1 fully saturated rings. The monoisotopic (exact) mass is 275 g/mol. The van der Waals surface area contributed by atoms with Gasteiger partial charge in [-0.2, -0.15) is 11.8 Å². The van der Waals surface area contributed by atoms with Crippen LogP contribution in [0.25, 0.3) is 0 Å². The molecule has 14 heavy (non-hydrogen) atoms. The maximum Gasteiger partial charge on any atom is 0.160 e. The molecule has 1 aliphatic heterocycles. The number of carbonyl (C=O) groups is 1. The average Bonchev–Trinajstić information content (AvgIpc) is 2.61. The lowest BCUT2D eigenvalue weighted by atomic mass is 10.00. The van der Waals surface area contributed by atoms with Gasteiger partial charge in [-0.1, -0.05) is 5.16 Å². The Morgan fingerprint density at radius 2 is 2.50 bits per heavy atom. The summed E-state index contributed by atoms with van der Waals surface area (Å²) in [7, 11) is 0. The molecule has 0 aliphatic carbocycles. The van der Waals surface area contributed by atoms with Crippen LogP contribution in [-0.2, 0) is 0 Å². The predicted octanol–water partition coefficient (Wildman–Crippen LogP) is 2.86. The van der Waals surface area contributed by atoms with Gasteiger partial charge >= 0.3 is 0 Å². The summed E-state index contributed by atoms with van der Waals surface area (Å²) in [5.74, 6) is 3.34. The normalized spacial score (nSPS) is 22.2. The lowest BCUT2D eigenvalue weighted by Gasteiger charge is -2.18. The summed E-state index contributed by atoms with van der Waals surface area (Å²) < 4.78 is 5.71. The van der Waals surface area contributed by atoms with Crippen LogP contribution in [0, 0.1) is 0 Å². The Kier molecular flexibility index (Phi) is 3.28. The first kappa shape index (κ1) is 10.2. The summed E-state index contributed by atoms with van der Waals surface area (Å²) in [6.45, 7) is 0. The largest absolute Gasteiger partial charge is 0.359 e. The molecule has 0 saturated carbocycles. The van der Waals surface area contributed by atoms with Gasteiger partial charge in [0.2, 0.25) is 0 Å². The minimum Gasteiger partial charge on any atom is -0.359 e. The molecular weight excluding hydrogens is 266 g/mol. The summed E-state index contributed by atoms with van der Waals surface area (Å²) in [6.07, 6.45) is 3.09. The van der Waals surface area contributed by atoms with Gasteiger partial charge in [0.1, 0.15) is 0 Å². The van der Waals surface area contributed by atoms with E-state index in [1.807, 2.05) is 11.8 Å². The molecule has 0 aromatic carbocycles. The fourth-order valence-corrected chi connectivity index (χ4v) is 3.14. The third kappa shape index (κ3) is 1.88. The zero-order chi connectivity index (χ0) is 9.97. The van der Waals surface area contributed by atoms with E-state index in [4.69, 9.17) is 4.52 Å². The highest BCUT2D eigenvalue weighted by atomic mass is 79.9. The first-order valence-corrected chi connectivity index (χ1v) is 6.45. The van der Waals surface area contributed by atoms with Crippen LogP contribution < -0.4 is 0 Å². The number of thioether (sulfide) groups is 1. The van der Waals surface area contributed by atoms with E-state index < -0.39 is 0 Å². The summed E-state index contributed by atoms with van der Waals surface area (Å²) in [5, 5.41) is 3.76. The molecule has 0 radical (unpaired) electrons. The molecule has 1 aromatic heterocycles. The van der Waals surface area contributed by atoms with Crippen molar-refractivity contribution in [2.24, 2.45) is 0 Å². The van der Waals surface area contributed by atoms with E-state index in [1.165, 1.54) is 12.2 Å². The van der Waals surface area contributed by atoms with E-state index >= 15 is 0 Å². The van der Waals surface area contributed by atoms with E-state index in [9.17, 15) is 4.79 Å². The fraction of sp³-hybridized carbons (Fsp3) is 0.556. The van der Waals surface area contributed by atoms with Crippen molar-refractivity contribution >= 4 is 34.0 Å². The van der Waals surface area contributed by atoms with Crippen LogP contribution in [0.4, 0.5) is 0 Å². The molecule has 2 rings (SSSR count). The molecule has 3 nitrogen and oxygen atoms in total. The first-order chi connectivity index (χ1) is 6.83. The standard InChI is InChI=1S/C9H10BrNO2S/c10-9-7(4-12)8(13-11-9)6-2-1-3-14-5-6/h4,6H,1-3,5H2. The molecule has 5 heteroatoms. The second-order valence-electron chi connectivity index (χ2n) is 3.28. The number of hydrogen-bond acceptors (Lipinski definition) is 4. The van der Waals surface area contributed by atoms with Crippen molar-refractivity contribution in [2.75, 3.05) is 11.5 Å². The highest BCUT2D eigenvalue weighted by Crippen LogP contribution is 2.34. The minimum absolute atomic E-state index is 0.354. The number of rotatable bonds is 2. The second kappa shape index (κ2) is 4.49. The van der Waals surface area contributed by atoms with Crippen LogP contribution in [0.5, 0.6) is 0 Å². The number of carbonyl (C=O) groups excluding carboxylic acids is 1. The summed E-state index contributed by atoms with van der Waals surface area (Å²) >= 11 is 5.11. The van der Waals surface area contributed by atoms with Crippen molar-refractivity contribution in [2.45, 2.75) is 18.8 Å². The van der Waals surface area contributed by atoms with E-state index in [2.05, 4.69) is 21.1 Å². The molecule has 1 atom stereocenters. The second-order valence-corrected chi connectivity index (χ2v) is 5.18. The van der Waals surface area contributed by atoms with E-state index in [0.29, 0.717) is 16.1 Å². The van der Waals surface area contributed by atoms with Gasteiger partial charge in [-0.15, -0.1) is 0 Å². The van der Waals surface area contributed by atoms with Gasteiger partial charge in [0.15, 0.2) is 16.6 Å². The zero-order valence-corrected chi connectivity index (χ0v) is 9.94. The first-order valence-electron chi connectivity index (χ1n) is 4.51. The van der Waals surface area contributed by atoms with Crippen LogP contribution in [0.2, 0.25) is 0 Å². The lowest BCUT2D eigenvalue weighted by molar-refractivity contribution is 0.112. The van der Waals surface area contributed by atoms with Gasteiger partial charge < -0.3 is 4.52 Å². The van der Waals surface area contributed by atoms with Crippen LogP contribution in [-0.4, -0.2) is 22.9 Å². The van der Waals surface area contributed by atoms with Crippen LogP contribution in [0.1, 0.15) is 34.9 Å². The molecule has 1 saturated heterocycles. The van der Waals surface area contributed by atoms with E-state index in [1.54, 1.807) is 0 Å². The number of aldehydes is 1. The van der Waals surface area contributed by atoms with Crippen molar-refractivity contribution in [1.82, 2.24) is 5.16 Å². The van der Waals surface area contributed by atoms with E-state index in [0.717, 1.165) is 24.2 Å². The van der Waals surface area contributed by atoms with Crippen molar-refractivity contribution in [3.05, 3.63) is 15.9 Å². The Bertz CT molecular complexity index is 334. The van der Waals surface area contributed by atoms with Crippen molar-refractivity contribution < 1.29 is 9.32 Å². The Morgan fingerprint density at radius 3 is 3.14 bits per heavy atom. The highest BCUT2D eigenvalue weighted by molar-refractivity contribution is 9.10. The topological polar surface area (TPSA) is 43.1 Å². The highest BCUT2D eigenvalue weighted by Gasteiger charge is 2.24. The SMILES string of the molecule is O=Cc1c(Br)noc1C1CCCSC1. The molecule has 0 bridgehead atoms. The van der Waals surface area contributed by atoms with Crippen molar-refractivity contribution in [3.63, 3.8) is 0 Å². The van der Waals surface area contributed by atoms with Crippen molar-refractivity contribution in [1.29, 1.82) is 0 Å². The van der Waals surface area contributed by atoms with E-state index in [-0.39, 0.29) is 0 Å². The summed E-state index contributed by atoms with van der Waals surface area (Å²) in [4.78, 5) is 10.8. The lowest BCUT2D eigenvalue weighted by Crippen LogP contribution is -2.09. The Labute approximate surface area is 94.7 Å². The minimum atomic E-state index is 0.354.